The van der Waals surface area contributed by atoms with Gasteiger partial charge in [0.2, 0.25) is 5.91 Å². The smallest absolute Gasteiger partial charge is 0.237 e. The lowest BCUT2D eigenvalue weighted by atomic mass is 10.1. The van der Waals surface area contributed by atoms with Crippen molar-refractivity contribution in [2.24, 2.45) is 5.73 Å². The molecule has 0 aliphatic carbocycles. The van der Waals surface area contributed by atoms with Crippen LogP contribution < -0.4 is 11.1 Å². The topological polar surface area (TPSA) is 58.4 Å². The first kappa shape index (κ1) is 13.2. The van der Waals surface area contributed by atoms with Gasteiger partial charge in [0.25, 0.3) is 0 Å². The van der Waals surface area contributed by atoms with Crippen LogP contribution in [-0.4, -0.2) is 43.0 Å². The molecule has 0 aromatic rings. The number of piperidine rings is 1. The summed E-state index contributed by atoms with van der Waals surface area (Å²) in [4.78, 5) is 13.9. The van der Waals surface area contributed by atoms with Crippen LogP contribution in [0.25, 0.3) is 0 Å². The predicted octanol–water partition coefficient (Wildman–Crippen LogP) is 0.492. The zero-order valence-electron chi connectivity index (χ0n) is 9.95. The fraction of sp³-hybridized carbons (Fsp3) is 0.750. The van der Waals surface area contributed by atoms with Crippen LogP contribution in [0.1, 0.15) is 25.7 Å². The molecule has 0 spiro atoms. The van der Waals surface area contributed by atoms with Crippen molar-refractivity contribution in [1.29, 1.82) is 0 Å². The molecule has 92 valence electrons. The Morgan fingerprint density at radius 2 is 2.12 bits per heavy atom. The number of carbonyl (C=O) groups is 1. The van der Waals surface area contributed by atoms with Crippen LogP contribution in [0.3, 0.4) is 0 Å². The van der Waals surface area contributed by atoms with Gasteiger partial charge in [-0.25, -0.2) is 0 Å². The number of carbonyl (C=O) groups excluding carboxylic acids is 1. The van der Waals surface area contributed by atoms with Crippen molar-refractivity contribution in [1.82, 2.24) is 10.2 Å². The van der Waals surface area contributed by atoms with Gasteiger partial charge >= 0.3 is 0 Å². The van der Waals surface area contributed by atoms with E-state index in [1.807, 2.05) is 0 Å². The largest absolute Gasteiger partial charge is 0.353 e. The molecule has 0 radical (unpaired) electrons. The molecular formula is C12H23N3O. The second-order valence-corrected chi connectivity index (χ2v) is 4.32. The molecule has 3 N–H and O–H groups in total. The van der Waals surface area contributed by atoms with Gasteiger partial charge < -0.3 is 16.0 Å². The van der Waals surface area contributed by atoms with Gasteiger partial charge in [0, 0.05) is 13.1 Å². The first-order chi connectivity index (χ1) is 7.74. The summed E-state index contributed by atoms with van der Waals surface area (Å²) in [5.74, 6) is -0.0723. The molecule has 1 amide bonds. The van der Waals surface area contributed by atoms with Gasteiger partial charge in [-0.15, -0.1) is 6.58 Å². The first-order valence-electron chi connectivity index (χ1n) is 6.10. The maximum absolute atomic E-state index is 11.5. The summed E-state index contributed by atoms with van der Waals surface area (Å²) < 4.78 is 0. The Morgan fingerprint density at radius 1 is 1.44 bits per heavy atom. The van der Waals surface area contributed by atoms with Crippen LogP contribution in [0.5, 0.6) is 0 Å². The van der Waals surface area contributed by atoms with Gasteiger partial charge in [0.05, 0.1) is 6.04 Å². The molecule has 0 bridgehead atoms. The van der Waals surface area contributed by atoms with Crippen LogP contribution in [0.2, 0.25) is 0 Å². The molecule has 0 aromatic heterocycles. The minimum atomic E-state index is -0.446. The molecule has 1 unspecified atom stereocenters. The number of hydrogen-bond acceptors (Lipinski definition) is 3. The van der Waals surface area contributed by atoms with E-state index in [1.165, 1.54) is 19.3 Å². The van der Waals surface area contributed by atoms with Crippen molar-refractivity contribution < 1.29 is 4.79 Å². The summed E-state index contributed by atoms with van der Waals surface area (Å²) >= 11 is 0. The number of nitrogens with zero attached hydrogens (tertiary/aromatic N) is 1. The number of rotatable bonds is 6. The summed E-state index contributed by atoms with van der Waals surface area (Å²) in [6, 6.07) is -0.446. The first-order valence-corrected chi connectivity index (χ1v) is 6.10. The second-order valence-electron chi connectivity index (χ2n) is 4.32. The Labute approximate surface area is 97.9 Å². The van der Waals surface area contributed by atoms with Crippen molar-refractivity contribution in [3.63, 3.8) is 0 Å². The Balaban J connectivity index is 2.09. The number of likely N-dealkylation sites (tertiary alicyclic amines) is 1. The molecule has 1 heterocycles. The fourth-order valence-corrected chi connectivity index (χ4v) is 1.94. The van der Waals surface area contributed by atoms with E-state index in [-0.39, 0.29) is 5.91 Å². The monoisotopic (exact) mass is 225 g/mol. The lowest BCUT2D eigenvalue weighted by molar-refractivity contribution is -0.122. The third kappa shape index (κ3) is 4.77. The van der Waals surface area contributed by atoms with Gasteiger partial charge in [0.15, 0.2) is 0 Å². The molecule has 16 heavy (non-hydrogen) atoms. The third-order valence-corrected chi connectivity index (χ3v) is 2.93. The molecule has 1 atom stereocenters. The van der Waals surface area contributed by atoms with Crippen LogP contribution in [0.4, 0.5) is 0 Å². The van der Waals surface area contributed by atoms with Crippen molar-refractivity contribution in [3.8, 4) is 0 Å². The number of nitrogens with two attached hydrogens (primary N) is 1. The van der Waals surface area contributed by atoms with Crippen molar-refractivity contribution >= 4 is 5.91 Å². The molecular weight excluding hydrogens is 202 g/mol. The van der Waals surface area contributed by atoms with E-state index in [2.05, 4.69) is 16.8 Å². The summed E-state index contributed by atoms with van der Waals surface area (Å²) in [6.07, 6.45) is 6.12. The van der Waals surface area contributed by atoms with E-state index in [9.17, 15) is 4.79 Å². The van der Waals surface area contributed by atoms with Crippen LogP contribution in [0, 0.1) is 0 Å². The average Bonchev–Trinajstić information content (AvgIpc) is 2.30. The summed E-state index contributed by atoms with van der Waals surface area (Å²) in [5, 5.41) is 2.86. The molecule has 4 nitrogen and oxygen atoms in total. The minimum absolute atomic E-state index is 0.0723. The number of hydrogen-bond donors (Lipinski definition) is 2. The lowest BCUT2D eigenvalue weighted by Crippen LogP contribution is -2.44. The molecule has 1 fully saturated rings. The van der Waals surface area contributed by atoms with Crippen molar-refractivity contribution in [3.05, 3.63) is 12.7 Å². The van der Waals surface area contributed by atoms with Gasteiger partial charge in [-0.3, -0.25) is 4.79 Å². The summed E-state index contributed by atoms with van der Waals surface area (Å²) in [5.41, 5.74) is 5.65. The number of amides is 1. The van der Waals surface area contributed by atoms with Crippen molar-refractivity contribution in [2.75, 3.05) is 26.2 Å². The summed E-state index contributed by atoms with van der Waals surface area (Å²) in [7, 11) is 0. The second kappa shape index (κ2) is 7.41. The van der Waals surface area contributed by atoms with E-state index >= 15 is 0 Å². The minimum Gasteiger partial charge on any atom is -0.353 e. The fourth-order valence-electron chi connectivity index (χ4n) is 1.94. The maximum atomic E-state index is 11.5. The average molecular weight is 225 g/mol. The molecule has 1 aliphatic heterocycles. The zero-order chi connectivity index (χ0) is 11.8. The summed E-state index contributed by atoms with van der Waals surface area (Å²) in [6.45, 7) is 7.53. The zero-order valence-corrected chi connectivity index (χ0v) is 9.95. The van der Waals surface area contributed by atoms with E-state index in [1.54, 1.807) is 6.08 Å². The van der Waals surface area contributed by atoms with E-state index in [0.717, 1.165) is 19.6 Å². The Bertz CT molecular complexity index is 224. The van der Waals surface area contributed by atoms with Gasteiger partial charge in [-0.2, -0.15) is 0 Å². The normalized spacial score (nSPS) is 19.1. The van der Waals surface area contributed by atoms with Crippen molar-refractivity contribution in [2.45, 2.75) is 31.7 Å². The molecule has 0 aromatic carbocycles. The molecule has 1 saturated heterocycles. The van der Waals surface area contributed by atoms with E-state index in [0.29, 0.717) is 13.0 Å². The van der Waals surface area contributed by atoms with Crippen LogP contribution in [-0.2, 0) is 4.79 Å². The Kier molecular flexibility index (Phi) is 6.11. The van der Waals surface area contributed by atoms with Crippen LogP contribution >= 0.6 is 0 Å². The highest BCUT2D eigenvalue weighted by Gasteiger charge is 2.12. The third-order valence-electron chi connectivity index (χ3n) is 2.93. The van der Waals surface area contributed by atoms with E-state index < -0.39 is 6.04 Å². The highest BCUT2D eigenvalue weighted by Crippen LogP contribution is 2.07. The lowest BCUT2D eigenvalue weighted by Gasteiger charge is -2.26. The molecule has 0 saturated carbocycles. The Morgan fingerprint density at radius 3 is 2.75 bits per heavy atom. The Hall–Kier alpha value is -0.870. The quantitative estimate of drug-likeness (QED) is 0.647. The number of nitrogens with one attached hydrogen (secondary N) is 1. The highest BCUT2D eigenvalue weighted by molar-refractivity contribution is 5.81. The van der Waals surface area contributed by atoms with Gasteiger partial charge in [0.1, 0.15) is 0 Å². The van der Waals surface area contributed by atoms with E-state index in [4.69, 9.17) is 5.73 Å². The molecule has 1 aliphatic rings. The standard InChI is InChI=1S/C12H23N3O/c1-2-6-11(13)12(16)14-7-10-15-8-4-3-5-9-15/h2,11H,1,3-10,13H2,(H,14,16). The SMILES string of the molecule is C=CCC(N)C(=O)NCCN1CCCCC1. The molecule has 1 rings (SSSR count). The highest BCUT2D eigenvalue weighted by atomic mass is 16.2. The predicted molar refractivity (Wildman–Crippen MR) is 66.1 cm³/mol. The maximum Gasteiger partial charge on any atom is 0.237 e. The van der Waals surface area contributed by atoms with Gasteiger partial charge in [-0.05, 0) is 32.4 Å². The molecule has 4 heteroatoms. The van der Waals surface area contributed by atoms with Gasteiger partial charge in [-0.1, -0.05) is 12.5 Å². The van der Waals surface area contributed by atoms with Crippen LogP contribution in [0.15, 0.2) is 12.7 Å².